The molecule has 1 aromatic rings. The van der Waals surface area contributed by atoms with E-state index >= 15 is 0 Å². The smallest absolute Gasteiger partial charge is 0.141 e. The molecule has 0 fully saturated rings. The fraction of sp³-hybridized carbons (Fsp3) is 0.462. The molecule has 0 aromatic heterocycles. The summed E-state index contributed by atoms with van der Waals surface area (Å²) in [5.41, 5.74) is 8.56. The normalized spacial score (nSPS) is 17.4. The van der Waals surface area contributed by atoms with Gasteiger partial charge in [-0.3, -0.25) is 0 Å². The zero-order valence-electron chi connectivity index (χ0n) is 9.90. The molecule has 94 valence electrons. The van der Waals surface area contributed by atoms with Crippen molar-refractivity contribution in [2.75, 3.05) is 19.8 Å². The van der Waals surface area contributed by atoms with E-state index in [4.69, 9.17) is 15.2 Å². The number of benzene rings is 1. The zero-order chi connectivity index (χ0) is 12.7. The second-order valence-electron chi connectivity index (χ2n) is 4.46. The lowest BCUT2D eigenvalue weighted by atomic mass is 9.92. The van der Waals surface area contributed by atoms with Crippen molar-refractivity contribution in [1.82, 2.24) is 0 Å². The first kappa shape index (κ1) is 11.3. The Labute approximate surface area is 105 Å². The van der Waals surface area contributed by atoms with Crippen LogP contribution in [-0.4, -0.2) is 24.9 Å². The Morgan fingerprint density at radius 1 is 1.22 bits per heavy atom. The summed E-state index contributed by atoms with van der Waals surface area (Å²) in [5.74, 6) is 1.26. The van der Waals surface area contributed by atoms with E-state index in [-0.39, 0.29) is 6.54 Å². The molecule has 3 N–H and O–H groups in total. The van der Waals surface area contributed by atoms with Gasteiger partial charge in [-0.1, -0.05) is 0 Å². The number of fused-ring (bicyclic) bond motifs is 2. The van der Waals surface area contributed by atoms with Gasteiger partial charge in [0.05, 0.1) is 19.3 Å². The lowest BCUT2D eigenvalue weighted by molar-refractivity contribution is 0.180. The highest BCUT2D eigenvalue weighted by Crippen LogP contribution is 2.46. The molecule has 1 unspecified atom stereocenters. The third-order valence-electron chi connectivity index (χ3n) is 3.51. The van der Waals surface area contributed by atoms with Crippen LogP contribution in [0.2, 0.25) is 0 Å². The van der Waals surface area contributed by atoms with Gasteiger partial charge in [0.2, 0.25) is 0 Å². The van der Waals surface area contributed by atoms with Crippen LogP contribution in [0, 0.1) is 11.3 Å². The highest BCUT2D eigenvalue weighted by Gasteiger charge is 2.33. The first-order valence-electron chi connectivity index (χ1n) is 6.03. The molecule has 2 aliphatic heterocycles. The van der Waals surface area contributed by atoms with Crippen LogP contribution in [0.3, 0.4) is 0 Å². The average Bonchev–Trinajstić information content (AvgIpc) is 3.02. The lowest BCUT2D eigenvalue weighted by Gasteiger charge is -2.17. The molecule has 18 heavy (non-hydrogen) atoms. The number of nitrogens with zero attached hydrogens (tertiary/aromatic N) is 1. The van der Waals surface area contributed by atoms with Crippen LogP contribution in [0.4, 0.5) is 0 Å². The van der Waals surface area contributed by atoms with Gasteiger partial charge in [0, 0.05) is 36.1 Å². The summed E-state index contributed by atoms with van der Waals surface area (Å²) in [6.07, 6.45) is 0.603. The molecule has 0 bridgehead atoms. The number of hydrogen-bond acceptors (Lipinski definition) is 5. The van der Waals surface area contributed by atoms with E-state index in [1.807, 2.05) is 0 Å². The molecule has 2 heterocycles. The summed E-state index contributed by atoms with van der Waals surface area (Å²) in [4.78, 5) is 0. The van der Waals surface area contributed by atoms with Crippen molar-refractivity contribution in [3.05, 3.63) is 22.3 Å². The quantitative estimate of drug-likeness (QED) is 0.789. The summed E-state index contributed by atoms with van der Waals surface area (Å²) in [6.45, 7) is 1.21. The average molecular weight is 246 g/mol. The third-order valence-corrected chi connectivity index (χ3v) is 3.51. The van der Waals surface area contributed by atoms with E-state index < -0.39 is 6.10 Å². The molecule has 0 saturated carbocycles. The van der Waals surface area contributed by atoms with Gasteiger partial charge >= 0.3 is 0 Å². The van der Waals surface area contributed by atoms with Crippen molar-refractivity contribution in [1.29, 1.82) is 5.26 Å². The summed E-state index contributed by atoms with van der Waals surface area (Å²) in [6, 6.07) is 2.19. The second kappa shape index (κ2) is 4.16. The Morgan fingerprint density at radius 3 is 2.56 bits per heavy atom. The molecule has 0 saturated heterocycles. The predicted octanol–water partition coefficient (Wildman–Crippen LogP) is 0.420. The van der Waals surface area contributed by atoms with E-state index in [9.17, 15) is 10.4 Å². The molecule has 0 spiro atoms. The minimum absolute atomic E-state index is 0.133. The molecule has 0 radical (unpaired) electrons. The van der Waals surface area contributed by atoms with Crippen LogP contribution in [0.15, 0.2) is 0 Å². The molecule has 1 atom stereocenters. The minimum atomic E-state index is -0.764. The van der Waals surface area contributed by atoms with Crippen molar-refractivity contribution in [3.8, 4) is 17.6 Å². The maximum absolute atomic E-state index is 10.1. The van der Waals surface area contributed by atoms with Crippen molar-refractivity contribution in [2.45, 2.75) is 18.9 Å². The maximum Gasteiger partial charge on any atom is 0.141 e. The topological polar surface area (TPSA) is 88.5 Å². The van der Waals surface area contributed by atoms with Crippen LogP contribution in [0.1, 0.15) is 28.4 Å². The highest BCUT2D eigenvalue weighted by molar-refractivity contribution is 5.66. The minimum Gasteiger partial charge on any atom is -0.492 e. The SMILES string of the molecule is N#Cc1c2c(c(C(O)CN)c3c1OCC3)OCC2. The summed E-state index contributed by atoms with van der Waals surface area (Å²) >= 11 is 0. The highest BCUT2D eigenvalue weighted by atomic mass is 16.5. The van der Waals surface area contributed by atoms with Crippen LogP contribution < -0.4 is 15.2 Å². The van der Waals surface area contributed by atoms with Gasteiger partial charge in [-0.05, 0) is 0 Å². The number of ether oxygens (including phenoxy) is 2. The molecule has 0 aliphatic carbocycles. The van der Waals surface area contributed by atoms with Gasteiger partial charge in [0.15, 0.2) is 0 Å². The van der Waals surface area contributed by atoms with E-state index in [0.717, 1.165) is 16.7 Å². The van der Waals surface area contributed by atoms with Crippen LogP contribution in [0.25, 0.3) is 0 Å². The molecule has 5 nitrogen and oxygen atoms in total. The Bertz CT molecular complexity index is 513. The van der Waals surface area contributed by atoms with Gasteiger partial charge in [-0.2, -0.15) is 5.26 Å². The van der Waals surface area contributed by atoms with Crippen molar-refractivity contribution in [3.63, 3.8) is 0 Å². The number of rotatable bonds is 2. The second-order valence-corrected chi connectivity index (χ2v) is 4.46. The Hall–Kier alpha value is -1.77. The largest absolute Gasteiger partial charge is 0.492 e. The zero-order valence-corrected chi connectivity index (χ0v) is 9.90. The monoisotopic (exact) mass is 246 g/mol. The van der Waals surface area contributed by atoms with Crippen LogP contribution in [-0.2, 0) is 12.8 Å². The lowest BCUT2D eigenvalue weighted by Crippen LogP contribution is -2.14. The van der Waals surface area contributed by atoms with Crippen molar-refractivity contribution >= 4 is 0 Å². The summed E-state index contributed by atoms with van der Waals surface area (Å²) in [5, 5.41) is 19.4. The van der Waals surface area contributed by atoms with Crippen LogP contribution in [0.5, 0.6) is 11.5 Å². The van der Waals surface area contributed by atoms with Gasteiger partial charge < -0.3 is 20.3 Å². The van der Waals surface area contributed by atoms with Crippen LogP contribution >= 0.6 is 0 Å². The molecule has 2 aliphatic rings. The van der Waals surface area contributed by atoms with E-state index in [1.165, 1.54) is 0 Å². The molecular formula is C13H14N2O3. The number of aliphatic hydroxyl groups excluding tert-OH is 1. The molecule has 1 aromatic carbocycles. The van der Waals surface area contributed by atoms with E-state index in [1.54, 1.807) is 0 Å². The summed E-state index contributed by atoms with van der Waals surface area (Å²) in [7, 11) is 0. The standard InChI is InChI=1S/C13H14N2O3/c14-5-9-7-1-3-18-13(7)11(10(16)6-15)8-2-4-17-12(8)9/h10,16H,1-4,6,15H2. The van der Waals surface area contributed by atoms with E-state index in [2.05, 4.69) is 6.07 Å². The van der Waals surface area contributed by atoms with Gasteiger partial charge in [0.1, 0.15) is 23.1 Å². The predicted molar refractivity (Wildman–Crippen MR) is 63.6 cm³/mol. The van der Waals surface area contributed by atoms with E-state index in [0.29, 0.717) is 43.1 Å². The molecular weight excluding hydrogens is 232 g/mol. The molecule has 3 rings (SSSR count). The Morgan fingerprint density at radius 2 is 1.89 bits per heavy atom. The maximum atomic E-state index is 10.1. The number of nitrogens with two attached hydrogens (primary N) is 1. The van der Waals surface area contributed by atoms with Crippen molar-refractivity contribution in [2.24, 2.45) is 5.73 Å². The Kier molecular flexibility index (Phi) is 2.62. The molecule has 5 heteroatoms. The fourth-order valence-electron chi connectivity index (χ4n) is 2.73. The Balaban J connectivity index is 2.30. The van der Waals surface area contributed by atoms with Gasteiger partial charge in [-0.15, -0.1) is 0 Å². The third kappa shape index (κ3) is 1.40. The number of nitriles is 1. The van der Waals surface area contributed by atoms with Gasteiger partial charge in [-0.25, -0.2) is 0 Å². The van der Waals surface area contributed by atoms with Gasteiger partial charge in [0.25, 0.3) is 0 Å². The summed E-state index contributed by atoms with van der Waals surface area (Å²) < 4.78 is 11.1. The van der Waals surface area contributed by atoms with Crippen molar-refractivity contribution < 1.29 is 14.6 Å². The number of hydrogen-bond donors (Lipinski definition) is 2. The first-order chi connectivity index (χ1) is 8.77. The first-order valence-corrected chi connectivity index (χ1v) is 6.03. The fourth-order valence-corrected chi connectivity index (χ4v) is 2.73. The number of aliphatic hydroxyl groups is 1. The molecule has 0 amide bonds.